The van der Waals surface area contributed by atoms with Crippen LogP contribution in [0.1, 0.15) is 12.5 Å². The van der Waals surface area contributed by atoms with Crippen molar-refractivity contribution in [3.8, 4) is 0 Å². The Balaban J connectivity index is 1.87. The molecule has 0 bridgehead atoms. The van der Waals surface area contributed by atoms with Crippen LogP contribution in [-0.4, -0.2) is 25.7 Å². The van der Waals surface area contributed by atoms with Gasteiger partial charge >= 0.3 is 0 Å². The third kappa shape index (κ3) is 3.96. The van der Waals surface area contributed by atoms with E-state index in [2.05, 4.69) is 12.2 Å². The van der Waals surface area contributed by atoms with Gasteiger partial charge in [0.15, 0.2) is 0 Å². The minimum Gasteiger partial charge on any atom is -0.380 e. The lowest BCUT2D eigenvalue weighted by Crippen LogP contribution is -2.48. The lowest BCUT2D eigenvalue weighted by Gasteiger charge is -2.37. The van der Waals surface area contributed by atoms with Crippen LogP contribution in [0.2, 0.25) is 10.0 Å². The maximum absolute atomic E-state index is 11.7. The van der Waals surface area contributed by atoms with Crippen molar-refractivity contribution in [2.24, 2.45) is 5.41 Å². The van der Waals surface area contributed by atoms with Gasteiger partial charge in [-0.3, -0.25) is 4.79 Å². The Hall–Kier alpha value is -1.03. The third-order valence-electron chi connectivity index (χ3n) is 2.96. The van der Waals surface area contributed by atoms with Crippen molar-refractivity contribution in [1.29, 1.82) is 0 Å². The Bertz CT molecular complexity index is 510. The summed E-state index contributed by atoms with van der Waals surface area (Å²) < 4.78 is 5.13. The Morgan fingerprint density at radius 2 is 2.16 bits per heavy atom. The van der Waals surface area contributed by atoms with E-state index in [1.807, 2.05) is 0 Å². The summed E-state index contributed by atoms with van der Waals surface area (Å²) in [5.74, 6) is -0.126. The zero-order valence-corrected chi connectivity index (χ0v) is 12.1. The van der Waals surface area contributed by atoms with Crippen molar-refractivity contribution in [3.63, 3.8) is 0 Å². The molecule has 1 N–H and O–H groups in total. The summed E-state index contributed by atoms with van der Waals surface area (Å²) in [5.41, 5.74) is 0.912. The molecule has 0 radical (unpaired) electrons. The van der Waals surface area contributed by atoms with Gasteiger partial charge in [-0.2, -0.15) is 0 Å². The molecule has 1 aliphatic heterocycles. The minimum atomic E-state index is -0.126. The molecule has 19 heavy (non-hydrogen) atoms. The number of ether oxygens (including phenoxy) is 1. The van der Waals surface area contributed by atoms with E-state index in [4.69, 9.17) is 27.9 Å². The second-order valence-corrected chi connectivity index (χ2v) is 5.84. The Labute approximate surface area is 122 Å². The van der Waals surface area contributed by atoms with E-state index in [-0.39, 0.29) is 11.3 Å². The summed E-state index contributed by atoms with van der Waals surface area (Å²) in [6.45, 7) is 4.10. The standard InChI is InChI=1S/C14H15Cl2NO2/c1-14(8-19-9-14)7-17-13(18)5-3-10-2-4-11(15)12(16)6-10/h2-6H,7-9H2,1H3,(H,17,18). The van der Waals surface area contributed by atoms with Gasteiger partial charge in [-0.15, -0.1) is 0 Å². The largest absolute Gasteiger partial charge is 0.380 e. The molecule has 2 rings (SSSR count). The van der Waals surface area contributed by atoms with Crippen LogP contribution in [0.15, 0.2) is 24.3 Å². The number of benzene rings is 1. The van der Waals surface area contributed by atoms with Crippen molar-refractivity contribution in [2.75, 3.05) is 19.8 Å². The molecule has 0 spiro atoms. The van der Waals surface area contributed by atoms with E-state index in [1.165, 1.54) is 6.08 Å². The van der Waals surface area contributed by atoms with Crippen LogP contribution in [0.3, 0.4) is 0 Å². The average molecular weight is 300 g/mol. The van der Waals surface area contributed by atoms with Gasteiger partial charge in [0.25, 0.3) is 0 Å². The maximum Gasteiger partial charge on any atom is 0.244 e. The second kappa shape index (κ2) is 5.95. The smallest absolute Gasteiger partial charge is 0.244 e. The minimum absolute atomic E-state index is 0.0765. The summed E-state index contributed by atoms with van der Waals surface area (Å²) in [6, 6.07) is 5.22. The molecule has 0 unspecified atom stereocenters. The molecule has 0 aliphatic carbocycles. The van der Waals surface area contributed by atoms with Crippen LogP contribution < -0.4 is 5.32 Å². The van der Waals surface area contributed by atoms with Crippen LogP contribution >= 0.6 is 23.2 Å². The summed E-state index contributed by atoms with van der Waals surface area (Å²) in [7, 11) is 0. The molecule has 1 fully saturated rings. The quantitative estimate of drug-likeness (QED) is 0.867. The summed E-state index contributed by atoms with van der Waals surface area (Å²) in [4.78, 5) is 11.7. The number of halogens is 2. The Kier molecular flexibility index (Phi) is 4.50. The molecule has 102 valence electrons. The van der Waals surface area contributed by atoms with Crippen molar-refractivity contribution < 1.29 is 9.53 Å². The van der Waals surface area contributed by atoms with Gasteiger partial charge < -0.3 is 10.1 Å². The van der Waals surface area contributed by atoms with Crippen molar-refractivity contribution in [3.05, 3.63) is 39.9 Å². The van der Waals surface area contributed by atoms with Gasteiger partial charge in [-0.05, 0) is 23.8 Å². The zero-order chi connectivity index (χ0) is 13.9. The van der Waals surface area contributed by atoms with E-state index in [0.29, 0.717) is 29.8 Å². The highest BCUT2D eigenvalue weighted by Crippen LogP contribution is 2.25. The molecule has 0 saturated carbocycles. The number of rotatable bonds is 4. The van der Waals surface area contributed by atoms with Crippen LogP contribution in [0.25, 0.3) is 6.08 Å². The topological polar surface area (TPSA) is 38.3 Å². The fourth-order valence-corrected chi connectivity index (χ4v) is 2.01. The predicted octanol–water partition coefficient (Wildman–Crippen LogP) is 3.16. The first-order chi connectivity index (χ1) is 8.98. The molecule has 5 heteroatoms. The lowest BCUT2D eigenvalue weighted by atomic mass is 9.89. The van der Waals surface area contributed by atoms with Crippen molar-refractivity contribution >= 4 is 35.2 Å². The molecule has 1 aliphatic rings. The first-order valence-corrected chi connectivity index (χ1v) is 6.73. The van der Waals surface area contributed by atoms with Crippen molar-refractivity contribution in [2.45, 2.75) is 6.92 Å². The molecule has 1 amide bonds. The molecular weight excluding hydrogens is 285 g/mol. The summed E-state index contributed by atoms with van der Waals surface area (Å²) >= 11 is 11.7. The van der Waals surface area contributed by atoms with Crippen LogP contribution in [0, 0.1) is 5.41 Å². The Morgan fingerprint density at radius 1 is 1.42 bits per heavy atom. The van der Waals surface area contributed by atoms with E-state index in [0.717, 1.165) is 5.56 Å². The van der Waals surface area contributed by atoms with Gasteiger partial charge in [0, 0.05) is 18.0 Å². The second-order valence-electron chi connectivity index (χ2n) is 5.03. The number of carbonyl (C=O) groups excluding carboxylic acids is 1. The average Bonchev–Trinajstić information content (AvgIpc) is 2.35. The SMILES string of the molecule is CC1(CNC(=O)C=Cc2ccc(Cl)c(Cl)c2)COC1. The number of hydrogen-bond acceptors (Lipinski definition) is 2. The first-order valence-electron chi connectivity index (χ1n) is 5.97. The molecule has 1 aromatic rings. The van der Waals surface area contributed by atoms with Gasteiger partial charge in [0.05, 0.1) is 23.3 Å². The number of amides is 1. The number of carbonyl (C=O) groups is 1. The highest BCUT2D eigenvalue weighted by molar-refractivity contribution is 6.42. The van der Waals surface area contributed by atoms with Crippen LogP contribution in [0.5, 0.6) is 0 Å². The van der Waals surface area contributed by atoms with Gasteiger partial charge in [0.2, 0.25) is 5.91 Å². The summed E-state index contributed by atoms with van der Waals surface area (Å²) in [6.07, 6.45) is 3.19. The van der Waals surface area contributed by atoms with E-state index in [1.54, 1.807) is 24.3 Å². The summed E-state index contributed by atoms with van der Waals surface area (Å²) in [5, 5.41) is 3.83. The lowest BCUT2D eigenvalue weighted by molar-refractivity contribution is -0.122. The van der Waals surface area contributed by atoms with E-state index < -0.39 is 0 Å². The molecule has 3 nitrogen and oxygen atoms in total. The highest BCUT2D eigenvalue weighted by atomic mass is 35.5. The monoisotopic (exact) mass is 299 g/mol. The Morgan fingerprint density at radius 3 is 2.74 bits per heavy atom. The fraction of sp³-hybridized carbons (Fsp3) is 0.357. The molecule has 1 aromatic carbocycles. The first kappa shape index (κ1) is 14.4. The van der Waals surface area contributed by atoms with Gasteiger partial charge in [0.1, 0.15) is 0 Å². The predicted molar refractivity (Wildman–Crippen MR) is 77.4 cm³/mol. The van der Waals surface area contributed by atoms with Crippen LogP contribution in [-0.2, 0) is 9.53 Å². The molecule has 0 atom stereocenters. The number of nitrogens with one attached hydrogen (secondary N) is 1. The molecular formula is C14H15Cl2NO2. The fourth-order valence-electron chi connectivity index (χ4n) is 1.70. The molecule has 0 aromatic heterocycles. The normalized spacial score (nSPS) is 17.2. The van der Waals surface area contributed by atoms with Gasteiger partial charge in [-0.25, -0.2) is 0 Å². The highest BCUT2D eigenvalue weighted by Gasteiger charge is 2.33. The zero-order valence-electron chi connectivity index (χ0n) is 10.6. The van der Waals surface area contributed by atoms with E-state index >= 15 is 0 Å². The van der Waals surface area contributed by atoms with Crippen molar-refractivity contribution in [1.82, 2.24) is 5.32 Å². The van der Waals surface area contributed by atoms with Gasteiger partial charge in [-0.1, -0.05) is 36.2 Å². The molecule has 1 heterocycles. The van der Waals surface area contributed by atoms with E-state index in [9.17, 15) is 4.79 Å². The maximum atomic E-state index is 11.7. The third-order valence-corrected chi connectivity index (χ3v) is 3.70. The van der Waals surface area contributed by atoms with Crippen LogP contribution in [0.4, 0.5) is 0 Å². The number of hydrogen-bond donors (Lipinski definition) is 1. The molecule has 1 saturated heterocycles.